The predicted octanol–water partition coefficient (Wildman–Crippen LogP) is 4.30. The maximum atomic E-state index is 11.1. The topological polar surface area (TPSA) is 43.1 Å². The highest BCUT2D eigenvalue weighted by Crippen LogP contribution is 2.31. The van der Waals surface area contributed by atoms with Gasteiger partial charge in [-0.2, -0.15) is 0 Å². The third-order valence-corrected chi connectivity index (χ3v) is 3.85. The Hall–Kier alpha value is -1.31. The third-order valence-electron chi connectivity index (χ3n) is 3.85. The molecule has 0 aliphatic heterocycles. The molecular formula is C19H31NO. The summed E-state index contributed by atoms with van der Waals surface area (Å²) in [6.07, 6.45) is 2.21. The fraction of sp³-hybridized carbons (Fsp3) is 0.632. The number of benzene rings is 1. The van der Waals surface area contributed by atoms with E-state index in [1.165, 1.54) is 22.3 Å². The second kappa shape index (κ2) is 6.21. The maximum Gasteiger partial charge on any atom is 0.217 e. The van der Waals surface area contributed by atoms with Crippen molar-refractivity contribution in [3.63, 3.8) is 0 Å². The highest BCUT2D eigenvalue weighted by molar-refractivity contribution is 5.74. The van der Waals surface area contributed by atoms with Gasteiger partial charge in [0.05, 0.1) is 0 Å². The van der Waals surface area contributed by atoms with Gasteiger partial charge in [0, 0.05) is 6.42 Å². The van der Waals surface area contributed by atoms with E-state index in [0.29, 0.717) is 6.42 Å². The fourth-order valence-electron chi connectivity index (χ4n) is 2.55. The number of nitrogens with two attached hydrogens (primary N) is 1. The van der Waals surface area contributed by atoms with E-state index in [1.54, 1.807) is 0 Å². The molecule has 0 aliphatic rings. The number of hydrogen-bond donors (Lipinski definition) is 1. The summed E-state index contributed by atoms with van der Waals surface area (Å²) < 4.78 is 0. The Kier molecular flexibility index (Phi) is 5.25. The van der Waals surface area contributed by atoms with Crippen LogP contribution in [-0.4, -0.2) is 5.91 Å². The lowest BCUT2D eigenvalue weighted by atomic mass is 9.79. The lowest BCUT2D eigenvalue weighted by Crippen LogP contribution is -2.17. The van der Waals surface area contributed by atoms with Crippen LogP contribution < -0.4 is 5.73 Å². The van der Waals surface area contributed by atoms with Crippen molar-refractivity contribution in [2.75, 3.05) is 0 Å². The highest BCUT2D eigenvalue weighted by atomic mass is 16.1. The quantitative estimate of drug-likeness (QED) is 0.882. The van der Waals surface area contributed by atoms with E-state index in [0.717, 1.165) is 12.8 Å². The summed E-state index contributed by atoms with van der Waals surface area (Å²) in [5.74, 6) is -0.229. The molecule has 118 valence electrons. The Labute approximate surface area is 130 Å². The molecule has 2 nitrogen and oxygen atoms in total. The molecule has 0 saturated heterocycles. The monoisotopic (exact) mass is 289 g/mol. The van der Waals surface area contributed by atoms with Crippen LogP contribution in [-0.2, 0) is 23.1 Å². The molecule has 1 rings (SSSR count). The van der Waals surface area contributed by atoms with Crippen LogP contribution in [0, 0.1) is 12.3 Å². The van der Waals surface area contributed by atoms with Crippen LogP contribution in [0.15, 0.2) is 12.1 Å². The average molecular weight is 289 g/mol. The van der Waals surface area contributed by atoms with Crippen LogP contribution in [0.3, 0.4) is 0 Å². The minimum absolute atomic E-state index is 0.113. The SMILES string of the molecule is Cc1c(CCC(N)=O)cc(C(C)(C)C)cc1CC(C)(C)C. The van der Waals surface area contributed by atoms with Gasteiger partial charge < -0.3 is 5.73 Å². The fourth-order valence-corrected chi connectivity index (χ4v) is 2.55. The van der Waals surface area contributed by atoms with E-state index in [-0.39, 0.29) is 16.7 Å². The first kappa shape index (κ1) is 17.7. The lowest BCUT2D eigenvalue weighted by Gasteiger charge is -2.26. The minimum atomic E-state index is -0.229. The number of hydrogen-bond acceptors (Lipinski definition) is 1. The number of aryl methyl sites for hydroxylation is 1. The largest absolute Gasteiger partial charge is 0.370 e. The van der Waals surface area contributed by atoms with Crippen LogP contribution in [0.4, 0.5) is 0 Å². The van der Waals surface area contributed by atoms with Gasteiger partial charge in [-0.3, -0.25) is 4.79 Å². The minimum Gasteiger partial charge on any atom is -0.370 e. The van der Waals surface area contributed by atoms with E-state index in [4.69, 9.17) is 5.73 Å². The van der Waals surface area contributed by atoms with Gasteiger partial charge >= 0.3 is 0 Å². The summed E-state index contributed by atoms with van der Waals surface area (Å²) >= 11 is 0. The molecule has 0 heterocycles. The Morgan fingerprint density at radius 3 is 2.00 bits per heavy atom. The summed E-state index contributed by atoms with van der Waals surface area (Å²) in [5, 5.41) is 0. The van der Waals surface area contributed by atoms with Gasteiger partial charge in [-0.25, -0.2) is 0 Å². The van der Waals surface area contributed by atoms with E-state index >= 15 is 0 Å². The van der Waals surface area contributed by atoms with Gasteiger partial charge in [-0.05, 0) is 52.8 Å². The number of carbonyl (C=O) groups excluding carboxylic acids is 1. The van der Waals surface area contributed by atoms with Gasteiger partial charge in [0.15, 0.2) is 0 Å². The van der Waals surface area contributed by atoms with E-state index in [9.17, 15) is 4.79 Å². The van der Waals surface area contributed by atoms with Crippen molar-refractivity contribution >= 4 is 5.91 Å². The maximum absolute atomic E-state index is 11.1. The van der Waals surface area contributed by atoms with E-state index in [2.05, 4.69) is 60.6 Å². The Morgan fingerprint density at radius 1 is 1.05 bits per heavy atom. The van der Waals surface area contributed by atoms with E-state index < -0.39 is 0 Å². The number of rotatable bonds is 4. The summed E-state index contributed by atoms with van der Waals surface area (Å²) in [6, 6.07) is 4.60. The van der Waals surface area contributed by atoms with Crippen LogP contribution in [0.5, 0.6) is 0 Å². The molecular weight excluding hydrogens is 258 g/mol. The van der Waals surface area contributed by atoms with Crippen LogP contribution in [0.1, 0.15) is 70.2 Å². The molecule has 0 aliphatic carbocycles. The normalized spacial score (nSPS) is 12.5. The summed E-state index contributed by atoms with van der Waals surface area (Å²) in [5.41, 5.74) is 11.0. The predicted molar refractivity (Wildman–Crippen MR) is 90.6 cm³/mol. The van der Waals surface area contributed by atoms with Crippen LogP contribution in [0.2, 0.25) is 0 Å². The number of carbonyl (C=O) groups is 1. The molecule has 0 unspecified atom stereocenters. The van der Waals surface area contributed by atoms with Crippen molar-refractivity contribution in [1.82, 2.24) is 0 Å². The van der Waals surface area contributed by atoms with Gasteiger partial charge in [-0.15, -0.1) is 0 Å². The zero-order chi connectivity index (χ0) is 16.4. The van der Waals surface area contributed by atoms with Gasteiger partial charge in [0.2, 0.25) is 5.91 Å². The van der Waals surface area contributed by atoms with Crippen molar-refractivity contribution in [2.45, 2.75) is 73.1 Å². The Balaban J connectivity index is 3.29. The Bertz CT molecular complexity index is 516. The molecule has 0 fully saturated rings. The van der Waals surface area contributed by atoms with Crippen LogP contribution in [0.25, 0.3) is 0 Å². The average Bonchev–Trinajstić information content (AvgIpc) is 2.26. The first-order valence-corrected chi connectivity index (χ1v) is 7.81. The van der Waals surface area contributed by atoms with Crippen LogP contribution >= 0.6 is 0 Å². The molecule has 0 saturated carbocycles. The molecule has 1 aromatic rings. The molecule has 0 radical (unpaired) electrons. The molecule has 1 amide bonds. The number of primary amides is 1. The second-order valence-electron chi connectivity index (χ2n) is 8.37. The number of amides is 1. The zero-order valence-electron chi connectivity index (χ0n) is 14.8. The van der Waals surface area contributed by atoms with Crippen molar-refractivity contribution in [2.24, 2.45) is 11.1 Å². The molecule has 2 heteroatoms. The molecule has 2 N–H and O–H groups in total. The lowest BCUT2D eigenvalue weighted by molar-refractivity contribution is -0.117. The molecule has 0 spiro atoms. The molecule has 21 heavy (non-hydrogen) atoms. The standard InChI is InChI=1S/C19H31NO/c1-13-14(8-9-17(20)21)10-16(19(5,6)7)11-15(13)12-18(2,3)4/h10-11H,8-9,12H2,1-7H3,(H2,20,21). The third kappa shape index (κ3) is 5.53. The van der Waals surface area contributed by atoms with E-state index in [1.807, 2.05) is 0 Å². The van der Waals surface area contributed by atoms with Gasteiger partial charge in [0.25, 0.3) is 0 Å². The molecule has 0 bridgehead atoms. The van der Waals surface area contributed by atoms with Crippen molar-refractivity contribution in [3.05, 3.63) is 34.4 Å². The molecule has 0 aromatic heterocycles. The molecule has 1 aromatic carbocycles. The van der Waals surface area contributed by atoms with Gasteiger partial charge in [-0.1, -0.05) is 53.7 Å². The second-order valence-corrected chi connectivity index (χ2v) is 8.37. The smallest absolute Gasteiger partial charge is 0.217 e. The first-order chi connectivity index (χ1) is 9.40. The van der Waals surface area contributed by atoms with Crippen molar-refractivity contribution in [1.29, 1.82) is 0 Å². The summed E-state index contributed by atoms with van der Waals surface area (Å²) in [7, 11) is 0. The molecule has 0 atom stereocenters. The van der Waals surface area contributed by atoms with Gasteiger partial charge in [0.1, 0.15) is 0 Å². The van der Waals surface area contributed by atoms with Crippen molar-refractivity contribution < 1.29 is 4.79 Å². The zero-order valence-corrected chi connectivity index (χ0v) is 14.8. The van der Waals surface area contributed by atoms with Crippen molar-refractivity contribution in [3.8, 4) is 0 Å². The Morgan fingerprint density at radius 2 is 1.57 bits per heavy atom. The first-order valence-electron chi connectivity index (χ1n) is 7.81. The summed E-state index contributed by atoms with van der Waals surface area (Å²) in [4.78, 5) is 11.1. The summed E-state index contributed by atoms with van der Waals surface area (Å²) in [6.45, 7) is 15.7. The highest BCUT2D eigenvalue weighted by Gasteiger charge is 2.20.